The predicted octanol–water partition coefficient (Wildman–Crippen LogP) is 0.175. The van der Waals surface area contributed by atoms with Gasteiger partial charge in [-0.25, -0.2) is 0 Å². The number of nitrogens with zero attached hydrogens (tertiary/aromatic N) is 3. The first-order valence-corrected chi connectivity index (χ1v) is 5.16. The number of aliphatic carboxylic acids is 1. The summed E-state index contributed by atoms with van der Waals surface area (Å²) >= 11 is 1.30. The zero-order valence-electron chi connectivity index (χ0n) is 8.02. The minimum Gasteiger partial charge on any atom is -0.481 e. The lowest BCUT2D eigenvalue weighted by molar-refractivity contribution is -0.133. The topological polar surface area (TPSA) is 80.0 Å². The molecule has 0 aliphatic carbocycles. The van der Waals surface area contributed by atoms with Crippen molar-refractivity contribution < 1.29 is 9.90 Å². The zero-order valence-corrected chi connectivity index (χ0v) is 8.84. The van der Waals surface area contributed by atoms with Crippen LogP contribution in [0.5, 0.6) is 0 Å². The van der Waals surface area contributed by atoms with Crippen LogP contribution in [0.1, 0.15) is 5.82 Å². The summed E-state index contributed by atoms with van der Waals surface area (Å²) in [5.74, 6) is 1.27. The molecule has 1 aromatic rings. The van der Waals surface area contributed by atoms with Crippen molar-refractivity contribution in [1.82, 2.24) is 14.8 Å². The second kappa shape index (κ2) is 4.85. The molecule has 0 aliphatic heterocycles. The van der Waals surface area contributed by atoms with Crippen LogP contribution in [-0.4, -0.2) is 38.6 Å². The minimum atomic E-state index is -0.814. The van der Waals surface area contributed by atoms with E-state index in [1.54, 1.807) is 11.6 Å². The highest BCUT2D eigenvalue weighted by Crippen LogP contribution is 2.11. The van der Waals surface area contributed by atoms with E-state index in [2.05, 4.69) is 15.5 Å². The maximum absolute atomic E-state index is 10.3. The van der Waals surface area contributed by atoms with Crippen LogP contribution in [0.3, 0.4) is 0 Å². The monoisotopic (exact) mass is 216 g/mol. The molecule has 0 amide bonds. The van der Waals surface area contributed by atoms with Crippen LogP contribution >= 0.6 is 11.8 Å². The van der Waals surface area contributed by atoms with Crippen molar-refractivity contribution in [3.8, 4) is 0 Å². The molecule has 0 saturated carbocycles. The first-order valence-electron chi connectivity index (χ1n) is 4.00. The van der Waals surface area contributed by atoms with Gasteiger partial charge in [-0.3, -0.25) is 9.36 Å². The number of aromatic nitrogens is 3. The van der Waals surface area contributed by atoms with E-state index in [9.17, 15) is 4.79 Å². The molecular weight excluding hydrogens is 204 g/mol. The van der Waals surface area contributed by atoms with Gasteiger partial charge in [-0.05, 0) is 0 Å². The molecule has 2 N–H and O–H groups in total. The number of carboxylic acids is 1. The third kappa shape index (κ3) is 2.63. The van der Waals surface area contributed by atoms with Gasteiger partial charge in [0.05, 0.1) is 11.5 Å². The van der Waals surface area contributed by atoms with Gasteiger partial charge >= 0.3 is 5.97 Å². The zero-order chi connectivity index (χ0) is 10.6. The smallest absolute Gasteiger partial charge is 0.313 e. The van der Waals surface area contributed by atoms with Crippen molar-refractivity contribution in [1.29, 1.82) is 0 Å². The van der Waals surface area contributed by atoms with E-state index in [1.165, 1.54) is 11.8 Å². The van der Waals surface area contributed by atoms with Gasteiger partial charge in [0.25, 0.3) is 0 Å². The maximum Gasteiger partial charge on any atom is 0.313 e. The van der Waals surface area contributed by atoms with E-state index in [0.717, 1.165) is 5.82 Å². The van der Waals surface area contributed by atoms with Gasteiger partial charge in [0.1, 0.15) is 5.82 Å². The summed E-state index contributed by atoms with van der Waals surface area (Å²) in [5.41, 5.74) is 0. The fraction of sp³-hybridized carbons (Fsp3) is 0.571. The summed E-state index contributed by atoms with van der Waals surface area (Å²) in [6, 6.07) is 0. The lowest BCUT2D eigenvalue weighted by Gasteiger charge is -2.01. The quantitative estimate of drug-likeness (QED) is 0.730. The van der Waals surface area contributed by atoms with Gasteiger partial charge in [0.2, 0.25) is 5.95 Å². The molecule has 6 nitrogen and oxygen atoms in total. The van der Waals surface area contributed by atoms with Crippen LogP contribution in [0.4, 0.5) is 5.95 Å². The molecule has 0 unspecified atom stereocenters. The number of hydrogen-bond acceptors (Lipinski definition) is 5. The van der Waals surface area contributed by atoms with Gasteiger partial charge in [0.15, 0.2) is 0 Å². The first kappa shape index (κ1) is 10.8. The molecule has 0 spiro atoms. The largest absolute Gasteiger partial charge is 0.481 e. The summed E-state index contributed by atoms with van der Waals surface area (Å²) in [6.07, 6.45) is 0. The van der Waals surface area contributed by atoms with Gasteiger partial charge < -0.3 is 10.4 Å². The predicted molar refractivity (Wildman–Crippen MR) is 54.3 cm³/mol. The van der Waals surface area contributed by atoms with Crippen LogP contribution in [-0.2, 0) is 17.6 Å². The normalized spacial score (nSPS) is 10.1. The lowest BCUT2D eigenvalue weighted by Crippen LogP contribution is -2.03. The Morgan fingerprint density at radius 3 is 2.86 bits per heavy atom. The second-order valence-corrected chi connectivity index (χ2v) is 3.62. The molecule has 1 heterocycles. The number of nitrogens with one attached hydrogen (secondary N) is 1. The maximum atomic E-state index is 10.3. The standard InChI is InChI=1S/C7H12N4O2S/c1-8-7-10-9-5(11(7)2)3-14-4-6(12)13/h3-4H2,1-2H3,(H,8,10)(H,12,13). The third-order valence-electron chi connectivity index (χ3n) is 1.65. The Morgan fingerprint density at radius 1 is 1.64 bits per heavy atom. The Balaban J connectivity index is 2.50. The summed E-state index contributed by atoms with van der Waals surface area (Å²) in [7, 11) is 3.60. The molecule has 0 saturated heterocycles. The number of carboxylic acid groups (broad SMARTS) is 1. The van der Waals surface area contributed by atoms with Gasteiger partial charge in [0, 0.05) is 14.1 Å². The molecule has 0 aliphatic rings. The molecule has 14 heavy (non-hydrogen) atoms. The van der Waals surface area contributed by atoms with E-state index in [1.807, 2.05) is 7.05 Å². The first-order chi connectivity index (χ1) is 6.65. The average molecular weight is 216 g/mol. The van der Waals surface area contributed by atoms with Crippen molar-refractivity contribution >= 4 is 23.7 Å². The Hall–Kier alpha value is -1.24. The fourth-order valence-corrected chi connectivity index (χ4v) is 1.65. The van der Waals surface area contributed by atoms with Gasteiger partial charge in [-0.2, -0.15) is 0 Å². The SMILES string of the molecule is CNc1nnc(CSCC(=O)O)n1C. The third-order valence-corrected chi connectivity index (χ3v) is 2.56. The van der Waals surface area contributed by atoms with E-state index >= 15 is 0 Å². The van der Waals surface area contributed by atoms with Gasteiger partial charge in [-0.1, -0.05) is 0 Å². The van der Waals surface area contributed by atoms with Crippen molar-refractivity contribution in [2.75, 3.05) is 18.1 Å². The molecule has 1 aromatic heterocycles. The Kier molecular flexibility index (Phi) is 3.75. The summed E-state index contributed by atoms with van der Waals surface area (Å²) in [4.78, 5) is 10.3. The molecule has 0 fully saturated rings. The summed E-state index contributed by atoms with van der Waals surface area (Å²) in [5, 5.41) is 19.1. The molecule has 7 heteroatoms. The molecule has 0 atom stereocenters. The Bertz CT molecular complexity index is 325. The van der Waals surface area contributed by atoms with E-state index in [4.69, 9.17) is 5.11 Å². The number of carbonyl (C=O) groups is 1. The Labute approximate surface area is 85.7 Å². The van der Waals surface area contributed by atoms with E-state index in [-0.39, 0.29) is 5.75 Å². The van der Waals surface area contributed by atoms with Crippen LogP contribution in [0, 0.1) is 0 Å². The Morgan fingerprint density at radius 2 is 2.36 bits per heavy atom. The molecule has 0 bridgehead atoms. The summed E-state index contributed by atoms with van der Waals surface area (Å²) in [6.45, 7) is 0. The summed E-state index contributed by atoms with van der Waals surface area (Å²) < 4.78 is 1.80. The van der Waals surface area contributed by atoms with Crippen LogP contribution < -0.4 is 5.32 Å². The molecule has 0 radical (unpaired) electrons. The highest BCUT2D eigenvalue weighted by molar-refractivity contribution is 7.99. The molecule has 78 valence electrons. The van der Waals surface area contributed by atoms with Crippen LogP contribution in [0.25, 0.3) is 0 Å². The van der Waals surface area contributed by atoms with Gasteiger partial charge in [-0.15, -0.1) is 22.0 Å². The molecule has 0 aromatic carbocycles. The van der Waals surface area contributed by atoms with E-state index in [0.29, 0.717) is 11.7 Å². The average Bonchev–Trinajstić information content (AvgIpc) is 2.47. The minimum absolute atomic E-state index is 0.0851. The number of rotatable bonds is 5. The number of thioether (sulfide) groups is 1. The second-order valence-electron chi connectivity index (χ2n) is 2.64. The van der Waals surface area contributed by atoms with E-state index < -0.39 is 5.97 Å². The lowest BCUT2D eigenvalue weighted by atomic mass is 10.7. The van der Waals surface area contributed by atoms with Crippen molar-refractivity contribution in [3.05, 3.63) is 5.82 Å². The van der Waals surface area contributed by atoms with Crippen LogP contribution in [0.15, 0.2) is 0 Å². The molecular formula is C7H12N4O2S. The van der Waals surface area contributed by atoms with Crippen molar-refractivity contribution in [2.24, 2.45) is 7.05 Å². The number of anilines is 1. The van der Waals surface area contributed by atoms with Crippen molar-refractivity contribution in [2.45, 2.75) is 5.75 Å². The fourth-order valence-electron chi connectivity index (χ4n) is 0.935. The van der Waals surface area contributed by atoms with Crippen molar-refractivity contribution in [3.63, 3.8) is 0 Å². The number of hydrogen-bond donors (Lipinski definition) is 2. The highest BCUT2D eigenvalue weighted by atomic mass is 32.2. The van der Waals surface area contributed by atoms with Crippen LogP contribution in [0.2, 0.25) is 0 Å². The highest BCUT2D eigenvalue weighted by Gasteiger charge is 2.07. The molecule has 1 rings (SSSR count).